The van der Waals surface area contributed by atoms with Gasteiger partial charge in [0.25, 0.3) is 5.91 Å². The van der Waals surface area contributed by atoms with Gasteiger partial charge in [-0.2, -0.15) is 0 Å². The van der Waals surface area contributed by atoms with E-state index in [1.165, 1.54) is 16.8 Å². The Morgan fingerprint density at radius 1 is 0.846 bits per heavy atom. The first-order valence-corrected chi connectivity index (χ1v) is 9.60. The van der Waals surface area contributed by atoms with Crippen LogP contribution in [0.2, 0.25) is 0 Å². The Bertz CT molecular complexity index is 763. The predicted octanol–water partition coefficient (Wildman–Crippen LogP) is 3.03. The van der Waals surface area contributed by atoms with E-state index in [0.29, 0.717) is 0 Å². The number of amides is 1. The van der Waals surface area contributed by atoms with E-state index in [-0.39, 0.29) is 5.91 Å². The highest BCUT2D eigenvalue weighted by Crippen LogP contribution is 2.22. The lowest BCUT2D eigenvalue weighted by Gasteiger charge is -2.34. The number of nitrogens with zero attached hydrogens (tertiary/aromatic N) is 3. The van der Waals surface area contributed by atoms with Gasteiger partial charge < -0.3 is 14.7 Å². The molecule has 0 unspecified atom stereocenters. The summed E-state index contributed by atoms with van der Waals surface area (Å²) in [4.78, 5) is 19.7. The molecule has 2 aromatic carbocycles. The van der Waals surface area contributed by atoms with Gasteiger partial charge in [0.1, 0.15) is 0 Å². The van der Waals surface area contributed by atoms with Gasteiger partial charge in [-0.1, -0.05) is 24.3 Å². The Morgan fingerprint density at radius 3 is 2.27 bits per heavy atom. The summed E-state index contributed by atoms with van der Waals surface area (Å²) in [5.41, 5.74) is 4.68. The highest BCUT2D eigenvalue weighted by Gasteiger charge is 2.20. The number of piperazine rings is 1. The lowest BCUT2D eigenvalue weighted by Crippen LogP contribution is -2.44. The lowest BCUT2D eigenvalue weighted by molar-refractivity contribution is 0.0746. The molecule has 0 spiro atoms. The van der Waals surface area contributed by atoms with E-state index in [4.69, 9.17) is 0 Å². The van der Waals surface area contributed by atoms with E-state index in [0.717, 1.165) is 57.7 Å². The molecule has 0 saturated carbocycles. The number of carbonyl (C=O) groups excluding carboxylic acids is 1. The Hall–Kier alpha value is -2.33. The van der Waals surface area contributed by atoms with Crippen LogP contribution in [0.3, 0.4) is 0 Å². The van der Waals surface area contributed by atoms with E-state index in [1.807, 2.05) is 17.0 Å². The molecule has 2 aromatic rings. The summed E-state index contributed by atoms with van der Waals surface area (Å²) in [6.07, 6.45) is 2.09. The van der Waals surface area contributed by atoms with E-state index in [1.54, 1.807) is 0 Å². The number of aryl methyl sites for hydroxylation is 1. The molecule has 0 aliphatic carbocycles. The molecule has 0 atom stereocenters. The van der Waals surface area contributed by atoms with Crippen LogP contribution in [0.5, 0.6) is 0 Å². The molecule has 1 fully saturated rings. The zero-order valence-electron chi connectivity index (χ0n) is 15.5. The summed E-state index contributed by atoms with van der Waals surface area (Å²) in [5, 5.41) is 0. The fourth-order valence-electron chi connectivity index (χ4n) is 3.94. The molecular formula is C22H27N3O. The number of hydrogen-bond acceptors (Lipinski definition) is 3. The monoisotopic (exact) mass is 349 g/mol. The number of hydrogen-bond donors (Lipinski definition) is 0. The zero-order chi connectivity index (χ0) is 17.9. The van der Waals surface area contributed by atoms with Crippen molar-refractivity contribution < 1.29 is 4.79 Å². The van der Waals surface area contributed by atoms with Crippen LogP contribution in [-0.4, -0.2) is 55.5 Å². The summed E-state index contributed by atoms with van der Waals surface area (Å²) in [6.45, 7) is 5.82. The number of anilines is 1. The molecule has 1 amide bonds. The fourth-order valence-corrected chi connectivity index (χ4v) is 3.94. The largest absolute Gasteiger partial charge is 0.369 e. The van der Waals surface area contributed by atoms with Crippen molar-refractivity contribution in [2.75, 3.05) is 44.7 Å². The maximum Gasteiger partial charge on any atom is 0.254 e. The maximum atomic E-state index is 13.0. The summed E-state index contributed by atoms with van der Waals surface area (Å²) in [7, 11) is 2.17. The molecule has 0 N–H and O–H groups in total. The van der Waals surface area contributed by atoms with Crippen LogP contribution < -0.4 is 4.90 Å². The highest BCUT2D eigenvalue weighted by molar-refractivity contribution is 5.94. The Kier molecular flexibility index (Phi) is 4.93. The topological polar surface area (TPSA) is 26.8 Å². The van der Waals surface area contributed by atoms with Crippen molar-refractivity contribution in [2.45, 2.75) is 19.4 Å². The molecule has 2 aliphatic rings. The molecule has 0 radical (unpaired) electrons. The van der Waals surface area contributed by atoms with E-state index >= 15 is 0 Å². The first-order valence-electron chi connectivity index (χ1n) is 9.60. The molecule has 0 bridgehead atoms. The second kappa shape index (κ2) is 7.50. The van der Waals surface area contributed by atoms with Crippen molar-refractivity contribution in [1.29, 1.82) is 0 Å². The molecule has 4 rings (SSSR count). The van der Waals surface area contributed by atoms with Gasteiger partial charge in [-0.3, -0.25) is 4.79 Å². The van der Waals surface area contributed by atoms with E-state index in [9.17, 15) is 4.79 Å². The smallest absolute Gasteiger partial charge is 0.254 e. The Morgan fingerprint density at radius 2 is 1.54 bits per heavy atom. The summed E-state index contributed by atoms with van der Waals surface area (Å²) < 4.78 is 0. The minimum absolute atomic E-state index is 0.145. The van der Waals surface area contributed by atoms with Crippen molar-refractivity contribution in [1.82, 2.24) is 9.80 Å². The maximum absolute atomic E-state index is 13.0. The fraction of sp³-hybridized carbons (Fsp3) is 0.409. The molecular weight excluding hydrogens is 322 g/mol. The molecule has 0 aromatic heterocycles. The molecule has 26 heavy (non-hydrogen) atoms. The first-order chi connectivity index (χ1) is 12.7. The van der Waals surface area contributed by atoms with Gasteiger partial charge in [-0.25, -0.2) is 0 Å². The van der Waals surface area contributed by atoms with Gasteiger partial charge >= 0.3 is 0 Å². The van der Waals surface area contributed by atoms with E-state index < -0.39 is 0 Å². The predicted molar refractivity (Wildman–Crippen MR) is 106 cm³/mol. The van der Waals surface area contributed by atoms with Gasteiger partial charge in [0.15, 0.2) is 0 Å². The van der Waals surface area contributed by atoms with Crippen LogP contribution in [0, 0.1) is 0 Å². The molecule has 136 valence electrons. The molecule has 4 heteroatoms. The van der Waals surface area contributed by atoms with Crippen LogP contribution in [-0.2, 0) is 13.0 Å². The van der Waals surface area contributed by atoms with Gasteiger partial charge in [-0.05, 0) is 55.3 Å². The zero-order valence-corrected chi connectivity index (χ0v) is 15.5. The third kappa shape index (κ3) is 3.61. The minimum atomic E-state index is 0.145. The summed E-state index contributed by atoms with van der Waals surface area (Å²) >= 11 is 0. The summed E-state index contributed by atoms with van der Waals surface area (Å²) in [6, 6.07) is 16.7. The number of likely N-dealkylation sites (N-methyl/N-ethyl adjacent to an activating group) is 1. The number of fused-ring (bicyclic) bond motifs is 1. The third-order valence-electron chi connectivity index (χ3n) is 5.62. The molecule has 1 saturated heterocycles. The van der Waals surface area contributed by atoms with Crippen LogP contribution in [0.4, 0.5) is 5.69 Å². The van der Waals surface area contributed by atoms with Crippen LogP contribution in [0.25, 0.3) is 0 Å². The van der Waals surface area contributed by atoms with Crippen LogP contribution in [0.15, 0.2) is 48.5 Å². The van der Waals surface area contributed by atoms with Gasteiger partial charge in [-0.15, -0.1) is 0 Å². The average molecular weight is 349 g/mol. The van der Waals surface area contributed by atoms with Gasteiger partial charge in [0.05, 0.1) is 0 Å². The van der Waals surface area contributed by atoms with E-state index in [2.05, 4.69) is 53.2 Å². The van der Waals surface area contributed by atoms with Crippen molar-refractivity contribution in [3.63, 3.8) is 0 Å². The van der Waals surface area contributed by atoms with Crippen molar-refractivity contribution in [2.24, 2.45) is 0 Å². The molecule has 2 heterocycles. The number of carbonyl (C=O) groups is 1. The van der Waals surface area contributed by atoms with Crippen LogP contribution >= 0.6 is 0 Å². The second-order valence-corrected chi connectivity index (χ2v) is 7.44. The molecule has 4 nitrogen and oxygen atoms in total. The van der Waals surface area contributed by atoms with Gasteiger partial charge in [0.2, 0.25) is 0 Å². The van der Waals surface area contributed by atoms with Crippen molar-refractivity contribution >= 4 is 11.6 Å². The SMILES string of the molecule is CN1CCN(c2ccc(C(=O)N3CCCc4ccccc4C3)cc2)CC1. The van der Waals surface area contributed by atoms with Crippen molar-refractivity contribution in [3.05, 3.63) is 65.2 Å². The second-order valence-electron chi connectivity index (χ2n) is 7.44. The Labute approximate surface area is 156 Å². The lowest BCUT2D eigenvalue weighted by atomic mass is 10.0. The number of benzene rings is 2. The Balaban J connectivity index is 1.46. The normalized spacial score (nSPS) is 18.3. The first kappa shape index (κ1) is 17.1. The highest BCUT2D eigenvalue weighted by atomic mass is 16.2. The quantitative estimate of drug-likeness (QED) is 0.834. The van der Waals surface area contributed by atoms with Crippen molar-refractivity contribution in [3.8, 4) is 0 Å². The average Bonchev–Trinajstić information content (AvgIpc) is 2.91. The number of rotatable bonds is 2. The summed E-state index contributed by atoms with van der Waals surface area (Å²) in [5.74, 6) is 0.145. The third-order valence-corrected chi connectivity index (χ3v) is 5.62. The minimum Gasteiger partial charge on any atom is -0.369 e. The molecule has 2 aliphatic heterocycles. The van der Waals surface area contributed by atoms with Gasteiger partial charge in [0, 0.05) is 50.5 Å². The standard InChI is InChI=1S/C22H27N3O/c1-23-13-15-24(16-14-23)21-10-8-19(9-11-21)22(26)25-12-4-7-18-5-2-3-6-20(18)17-25/h2-3,5-6,8-11H,4,7,12-17H2,1H3. The van der Waals surface area contributed by atoms with Crippen LogP contribution in [0.1, 0.15) is 27.9 Å².